The van der Waals surface area contributed by atoms with Crippen LogP contribution < -0.4 is 0 Å². The highest BCUT2D eigenvalue weighted by molar-refractivity contribution is 5.99. The van der Waals surface area contributed by atoms with Crippen molar-refractivity contribution < 1.29 is 19.8 Å². The van der Waals surface area contributed by atoms with Crippen LogP contribution in [-0.4, -0.2) is 45.7 Å². The minimum Gasteiger partial charge on any atom is -0.507 e. The van der Waals surface area contributed by atoms with Gasteiger partial charge in [-0.25, -0.2) is 4.79 Å². The molecule has 6 heteroatoms. The summed E-state index contributed by atoms with van der Waals surface area (Å²) in [5.74, 6) is -0.641. The quantitative estimate of drug-likeness (QED) is 0.618. The Kier molecular flexibility index (Phi) is 5.72. The van der Waals surface area contributed by atoms with Gasteiger partial charge in [0.1, 0.15) is 12.3 Å². The van der Waals surface area contributed by atoms with Crippen LogP contribution in [0.15, 0.2) is 42.5 Å². The number of nitrogens with zero attached hydrogens (tertiary/aromatic N) is 2. The molecule has 0 atom stereocenters. The van der Waals surface area contributed by atoms with E-state index in [2.05, 4.69) is 0 Å². The molecular formula is C25H28N2O4. The van der Waals surface area contributed by atoms with E-state index in [9.17, 15) is 19.8 Å². The number of aromatic hydroxyl groups is 1. The molecule has 1 fully saturated rings. The van der Waals surface area contributed by atoms with Gasteiger partial charge in [0.2, 0.25) is 5.91 Å². The summed E-state index contributed by atoms with van der Waals surface area (Å²) < 4.78 is 1.89. The molecule has 2 N–H and O–H groups in total. The lowest BCUT2D eigenvalue weighted by Gasteiger charge is -2.24. The van der Waals surface area contributed by atoms with Crippen LogP contribution in [0.1, 0.15) is 53.9 Å². The molecule has 1 amide bonds. The van der Waals surface area contributed by atoms with Crippen LogP contribution in [-0.2, 0) is 11.3 Å². The summed E-state index contributed by atoms with van der Waals surface area (Å²) in [6.45, 7) is 0.0724. The van der Waals surface area contributed by atoms with Crippen molar-refractivity contribution in [1.82, 2.24) is 9.47 Å². The normalized spacial score (nSPS) is 14.6. The van der Waals surface area contributed by atoms with Gasteiger partial charge < -0.3 is 19.7 Å². The zero-order chi connectivity index (χ0) is 22.1. The third-order valence-corrected chi connectivity index (χ3v) is 6.32. The first kappa shape index (κ1) is 21.0. The molecule has 0 aliphatic heterocycles. The monoisotopic (exact) mass is 420 g/mol. The number of phenolic OH excluding ortho intramolecular Hbond substituents is 1. The second kappa shape index (κ2) is 8.46. The largest absolute Gasteiger partial charge is 0.507 e. The molecule has 0 unspecified atom stereocenters. The maximum atomic E-state index is 12.8. The van der Waals surface area contributed by atoms with E-state index in [1.807, 2.05) is 22.8 Å². The lowest BCUT2D eigenvalue weighted by Crippen LogP contribution is -2.26. The van der Waals surface area contributed by atoms with Crippen LogP contribution in [0.2, 0.25) is 0 Å². The Hall–Kier alpha value is -3.28. The third-order valence-electron chi connectivity index (χ3n) is 6.32. The fourth-order valence-corrected chi connectivity index (χ4v) is 4.72. The third kappa shape index (κ3) is 3.90. The molecule has 1 aromatic heterocycles. The minimum absolute atomic E-state index is 0.0724. The van der Waals surface area contributed by atoms with Crippen LogP contribution in [0.4, 0.5) is 0 Å². The van der Waals surface area contributed by atoms with Crippen molar-refractivity contribution in [2.24, 2.45) is 0 Å². The first-order valence-corrected chi connectivity index (χ1v) is 10.8. The van der Waals surface area contributed by atoms with Crippen LogP contribution in [0, 0.1) is 0 Å². The molecule has 0 spiro atoms. The number of carboxylic acid groups (broad SMARTS) is 1. The van der Waals surface area contributed by atoms with Crippen molar-refractivity contribution in [2.75, 3.05) is 14.1 Å². The maximum Gasteiger partial charge on any atom is 0.335 e. The molecule has 1 saturated carbocycles. The smallest absolute Gasteiger partial charge is 0.335 e. The van der Waals surface area contributed by atoms with Crippen molar-refractivity contribution in [2.45, 2.75) is 44.6 Å². The number of fused-ring (bicyclic) bond motifs is 1. The molecule has 0 saturated heterocycles. The minimum atomic E-state index is -1.00. The Morgan fingerprint density at radius 2 is 1.77 bits per heavy atom. The summed E-state index contributed by atoms with van der Waals surface area (Å²) in [5.41, 5.74) is 3.50. The number of carboxylic acids is 1. The number of aromatic nitrogens is 1. The van der Waals surface area contributed by atoms with E-state index in [1.54, 1.807) is 38.4 Å². The van der Waals surface area contributed by atoms with Crippen molar-refractivity contribution >= 4 is 22.8 Å². The van der Waals surface area contributed by atoms with Crippen LogP contribution in [0.3, 0.4) is 0 Å². The van der Waals surface area contributed by atoms with Gasteiger partial charge in [-0.05, 0) is 48.6 Å². The molecule has 3 aromatic rings. The van der Waals surface area contributed by atoms with Crippen LogP contribution in [0.25, 0.3) is 22.2 Å². The molecule has 31 heavy (non-hydrogen) atoms. The number of likely N-dealkylation sites (N-methyl/N-ethyl adjacent to an activating group) is 1. The van der Waals surface area contributed by atoms with Gasteiger partial charge in [-0.3, -0.25) is 4.79 Å². The zero-order valence-electron chi connectivity index (χ0n) is 18.0. The Bertz CT molecular complexity index is 1140. The average molecular weight is 421 g/mol. The summed E-state index contributed by atoms with van der Waals surface area (Å²) in [7, 11) is 3.41. The van der Waals surface area contributed by atoms with Crippen molar-refractivity contribution in [1.29, 1.82) is 0 Å². The summed E-state index contributed by atoms with van der Waals surface area (Å²) in [6, 6.07) is 12.3. The van der Waals surface area contributed by atoms with Crippen molar-refractivity contribution in [3.63, 3.8) is 0 Å². The highest BCUT2D eigenvalue weighted by atomic mass is 16.4. The topological polar surface area (TPSA) is 82.8 Å². The van der Waals surface area contributed by atoms with Gasteiger partial charge >= 0.3 is 5.97 Å². The molecule has 0 radical (unpaired) electrons. The number of benzene rings is 2. The van der Waals surface area contributed by atoms with Crippen molar-refractivity contribution in [3.8, 4) is 17.0 Å². The fourth-order valence-electron chi connectivity index (χ4n) is 4.72. The number of hydrogen-bond acceptors (Lipinski definition) is 3. The van der Waals surface area contributed by atoms with Crippen molar-refractivity contribution in [3.05, 3.63) is 53.6 Å². The Morgan fingerprint density at radius 3 is 2.42 bits per heavy atom. The average Bonchev–Trinajstić information content (AvgIpc) is 3.07. The van der Waals surface area contributed by atoms with Gasteiger partial charge in [0.15, 0.2) is 0 Å². The van der Waals surface area contributed by atoms with Gasteiger partial charge in [0, 0.05) is 25.0 Å². The zero-order valence-corrected chi connectivity index (χ0v) is 18.0. The number of phenols is 1. The Morgan fingerprint density at radius 1 is 1.06 bits per heavy atom. The fraction of sp³-hybridized carbons (Fsp3) is 0.360. The predicted octanol–water partition coefficient (Wildman–Crippen LogP) is 4.85. The lowest BCUT2D eigenvalue weighted by molar-refractivity contribution is -0.129. The van der Waals surface area contributed by atoms with E-state index in [-0.39, 0.29) is 23.8 Å². The van der Waals surface area contributed by atoms with E-state index < -0.39 is 5.97 Å². The maximum absolute atomic E-state index is 12.8. The number of aromatic carboxylic acids is 1. The van der Waals surface area contributed by atoms with E-state index in [0.29, 0.717) is 17.0 Å². The molecule has 1 heterocycles. The van der Waals surface area contributed by atoms with Crippen LogP contribution in [0.5, 0.6) is 5.75 Å². The van der Waals surface area contributed by atoms with Gasteiger partial charge in [-0.15, -0.1) is 0 Å². The lowest BCUT2D eigenvalue weighted by atomic mass is 9.81. The molecule has 4 rings (SSSR count). The Balaban J connectivity index is 2.07. The first-order chi connectivity index (χ1) is 14.9. The van der Waals surface area contributed by atoms with Gasteiger partial charge in [-0.1, -0.05) is 37.5 Å². The molecule has 1 aliphatic rings. The summed E-state index contributed by atoms with van der Waals surface area (Å²) in [4.78, 5) is 26.0. The second-order valence-corrected chi connectivity index (χ2v) is 8.53. The highest BCUT2D eigenvalue weighted by Gasteiger charge is 2.28. The molecule has 6 nitrogen and oxygen atoms in total. The van der Waals surface area contributed by atoms with E-state index in [1.165, 1.54) is 11.3 Å². The SMILES string of the molecule is CN(C)C(=O)Cn1c(-c2ccccc2O)c(C2CCCCC2)c2ccc(C(=O)O)cc21. The molecule has 0 bridgehead atoms. The highest BCUT2D eigenvalue weighted by Crippen LogP contribution is 2.46. The molecular weight excluding hydrogens is 392 g/mol. The van der Waals surface area contributed by atoms with E-state index in [0.717, 1.165) is 42.3 Å². The number of carbonyl (C=O) groups is 2. The summed E-state index contributed by atoms with van der Waals surface area (Å²) >= 11 is 0. The Labute approximate surface area is 181 Å². The van der Waals surface area contributed by atoms with Gasteiger partial charge in [-0.2, -0.15) is 0 Å². The number of para-hydroxylation sites is 1. The predicted molar refractivity (Wildman–Crippen MR) is 121 cm³/mol. The number of amides is 1. The van der Waals surface area contributed by atoms with E-state index in [4.69, 9.17) is 0 Å². The molecule has 2 aromatic carbocycles. The number of rotatable bonds is 5. The number of hydrogen-bond donors (Lipinski definition) is 2. The van der Waals surface area contributed by atoms with E-state index >= 15 is 0 Å². The van der Waals surface area contributed by atoms with Gasteiger partial charge in [0.05, 0.1) is 16.8 Å². The molecule has 1 aliphatic carbocycles. The summed E-state index contributed by atoms with van der Waals surface area (Å²) in [5, 5.41) is 21.2. The number of carbonyl (C=O) groups excluding carboxylic acids is 1. The first-order valence-electron chi connectivity index (χ1n) is 10.8. The van der Waals surface area contributed by atoms with Gasteiger partial charge in [0.25, 0.3) is 0 Å². The summed E-state index contributed by atoms with van der Waals surface area (Å²) in [6.07, 6.45) is 5.58. The second-order valence-electron chi connectivity index (χ2n) is 8.53. The molecule has 162 valence electrons. The van der Waals surface area contributed by atoms with Crippen LogP contribution >= 0.6 is 0 Å². The standard InChI is InChI=1S/C25H28N2O4/c1-26(2)22(29)15-27-20-14-17(25(30)31)12-13-18(20)23(16-8-4-3-5-9-16)24(27)19-10-6-7-11-21(19)28/h6-7,10-14,16,28H,3-5,8-9,15H2,1-2H3,(H,30,31).